The molecule has 0 aliphatic heterocycles. The molecule has 0 fully saturated rings. The molecule has 1 amide bonds. The van der Waals surface area contributed by atoms with Crippen LogP contribution in [0.15, 0.2) is 70.5 Å². The van der Waals surface area contributed by atoms with Gasteiger partial charge in [0, 0.05) is 22.7 Å². The van der Waals surface area contributed by atoms with Gasteiger partial charge in [-0.05, 0) is 62.2 Å². The number of aryl methyl sites for hydroxylation is 3. The molecule has 33 heavy (non-hydrogen) atoms. The normalized spacial score (nSPS) is 11.1. The molecule has 0 aromatic heterocycles. The number of nitro groups is 1. The predicted octanol–water partition coefficient (Wildman–Crippen LogP) is 5.05. The van der Waals surface area contributed by atoms with Crippen molar-refractivity contribution in [3.63, 3.8) is 0 Å². The summed E-state index contributed by atoms with van der Waals surface area (Å²) < 4.78 is 28.4. The highest BCUT2D eigenvalue weighted by atomic mass is 32.2. The molecule has 0 bridgehead atoms. The summed E-state index contributed by atoms with van der Waals surface area (Å²) >= 11 is 1.22. The first-order valence-corrected chi connectivity index (χ1v) is 12.4. The lowest BCUT2D eigenvalue weighted by Crippen LogP contribution is -2.17. The number of carbonyl (C=O) groups excluding carboxylic acids is 1. The van der Waals surface area contributed by atoms with Crippen LogP contribution in [0.3, 0.4) is 0 Å². The van der Waals surface area contributed by atoms with Crippen LogP contribution in [0.25, 0.3) is 0 Å². The monoisotopic (exact) mass is 485 g/mol. The Balaban J connectivity index is 1.70. The summed E-state index contributed by atoms with van der Waals surface area (Å²) in [5.41, 5.74) is 3.42. The van der Waals surface area contributed by atoms with Crippen molar-refractivity contribution in [2.45, 2.75) is 30.6 Å². The quantitative estimate of drug-likeness (QED) is 0.262. The number of hydrogen-bond donors (Lipinski definition) is 2. The lowest BCUT2D eigenvalue weighted by Gasteiger charge is -2.14. The number of amides is 1. The fourth-order valence-electron chi connectivity index (χ4n) is 3.03. The summed E-state index contributed by atoms with van der Waals surface area (Å²) in [7, 11) is -3.85. The highest BCUT2D eigenvalue weighted by Gasteiger charge is 2.17. The van der Waals surface area contributed by atoms with E-state index >= 15 is 0 Å². The molecule has 8 nitrogen and oxygen atoms in total. The van der Waals surface area contributed by atoms with Gasteiger partial charge in [-0.15, -0.1) is 11.8 Å². The first-order chi connectivity index (χ1) is 15.5. The maximum absolute atomic E-state index is 12.9. The molecule has 0 saturated carbocycles. The Labute approximate surface area is 196 Å². The van der Waals surface area contributed by atoms with Crippen molar-refractivity contribution in [2.75, 3.05) is 15.8 Å². The molecule has 0 aliphatic carbocycles. The van der Waals surface area contributed by atoms with E-state index in [0.717, 1.165) is 11.1 Å². The topological polar surface area (TPSA) is 118 Å². The van der Waals surface area contributed by atoms with E-state index in [1.54, 1.807) is 31.2 Å². The molecular weight excluding hydrogens is 462 g/mol. The van der Waals surface area contributed by atoms with Crippen LogP contribution < -0.4 is 10.0 Å². The fourth-order valence-corrected chi connectivity index (χ4v) is 4.89. The van der Waals surface area contributed by atoms with Gasteiger partial charge in [0.1, 0.15) is 0 Å². The zero-order valence-electron chi connectivity index (χ0n) is 18.3. The number of nitrogens with zero attached hydrogens (tertiary/aromatic N) is 1. The van der Waals surface area contributed by atoms with Crippen LogP contribution in [0.1, 0.15) is 16.7 Å². The van der Waals surface area contributed by atoms with Gasteiger partial charge in [-0.1, -0.05) is 23.8 Å². The summed E-state index contributed by atoms with van der Waals surface area (Å²) in [6.45, 7) is 5.53. The first kappa shape index (κ1) is 24.3. The van der Waals surface area contributed by atoms with Gasteiger partial charge in [0.05, 0.1) is 21.3 Å². The van der Waals surface area contributed by atoms with Gasteiger partial charge in [0.25, 0.3) is 15.7 Å². The molecule has 0 saturated heterocycles. The third-order valence-corrected chi connectivity index (χ3v) is 7.21. The minimum Gasteiger partial charge on any atom is -0.325 e. The molecule has 0 aliphatic rings. The summed E-state index contributed by atoms with van der Waals surface area (Å²) in [5, 5.41) is 13.5. The van der Waals surface area contributed by atoms with Crippen molar-refractivity contribution in [3.8, 4) is 0 Å². The largest absolute Gasteiger partial charge is 0.325 e. The fraction of sp³-hybridized carbons (Fsp3) is 0.174. The van der Waals surface area contributed by atoms with Crippen molar-refractivity contribution < 1.29 is 18.1 Å². The number of anilines is 2. The van der Waals surface area contributed by atoms with Crippen LogP contribution in [0.5, 0.6) is 0 Å². The third-order valence-electron chi connectivity index (χ3n) is 4.84. The highest BCUT2D eigenvalue weighted by Crippen LogP contribution is 2.26. The number of nitro benzene ring substituents is 1. The number of hydrogen-bond acceptors (Lipinski definition) is 6. The lowest BCUT2D eigenvalue weighted by atomic mass is 10.1. The molecule has 0 unspecified atom stereocenters. The standard InChI is InChI=1S/C23H23N3O5S2/c1-15-4-11-21(17(3)12-15)25-33(30,31)20-10-5-16(2)22(13-20)24-23(27)14-32-19-8-6-18(7-9-19)26(28)29/h4-13,25H,14H2,1-3H3,(H,24,27). The van der Waals surface area contributed by atoms with Gasteiger partial charge < -0.3 is 5.32 Å². The second-order valence-electron chi connectivity index (χ2n) is 7.49. The number of carbonyl (C=O) groups is 1. The van der Waals surface area contributed by atoms with E-state index in [9.17, 15) is 23.3 Å². The second kappa shape index (κ2) is 10.1. The SMILES string of the molecule is Cc1ccc(NS(=O)(=O)c2ccc(C)c(NC(=O)CSc3ccc([N+](=O)[O-])cc3)c2)c(C)c1. The minimum absolute atomic E-state index is 0.0214. The van der Waals surface area contributed by atoms with Crippen LogP contribution in [-0.4, -0.2) is 25.0 Å². The summed E-state index contributed by atoms with van der Waals surface area (Å²) in [5.74, 6) is -0.256. The van der Waals surface area contributed by atoms with Gasteiger partial charge in [0.2, 0.25) is 5.91 Å². The number of non-ortho nitro benzene ring substituents is 1. The Kier molecular flexibility index (Phi) is 7.39. The molecule has 0 radical (unpaired) electrons. The van der Waals surface area contributed by atoms with E-state index in [-0.39, 0.29) is 22.2 Å². The van der Waals surface area contributed by atoms with Crippen molar-refractivity contribution in [1.29, 1.82) is 0 Å². The summed E-state index contributed by atoms with van der Waals surface area (Å²) in [4.78, 5) is 23.4. The van der Waals surface area contributed by atoms with Crippen molar-refractivity contribution >= 4 is 44.8 Å². The number of nitrogens with one attached hydrogen (secondary N) is 2. The van der Waals surface area contributed by atoms with Crippen molar-refractivity contribution in [2.24, 2.45) is 0 Å². The van der Waals surface area contributed by atoms with E-state index in [4.69, 9.17) is 0 Å². The van der Waals surface area contributed by atoms with Gasteiger partial charge in [0.15, 0.2) is 0 Å². The minimum atomic E-state index is -3.85. The van der Waals surface area contributed by atoms with E-state index < -0.39 is 14.9 Å². The average Bonchev–Trinajstić information content (AvgIpc) is 2.76. The number of thioether (sulfide) groups is 1. The van der Waals surface area contributed by atoms with E-state index in [2.05, 4.69) is 10.0 Å². The smallest absolute Gasteiger partial charge is 0.269 e. The second-order valence-corrected chi connectivity index (χ2v) is 10.2. The van der Waals surface area contributed by atoms with E-state index in [1.807, 2.05) is 26.0 Å². The van der Waals surface area contributed by atoms with Gasteiger partial charge in [-0.25, -0.2) is 8.42 Å². The van der Waals surface area contributed by atoms with Crippen LogP contribution in [0, 0.1) is 30.9 Å². The summed E-state index contributed by atoms with van der Waals surface area (Å²) in [6.07, 6.45) is 0. The molecule has 0 heterocycles. The zero-order chi connectivity index (χ0) is 24.2. The molecule has 3 aromatic carbocycles. The van der Waals surface area contributed by atoms with Gasteiger partial charge in [-0.3, -0.25) is 19.6 Å². The van der Waals surface area contributed by atoms with E-state index in [1.165, 1.54) is 36.0 Å². The molecule has 0 spiro atoms. The van der Waals surface area contributed by atoms with Gasteiger partial charge in [-0.2, -0.15) is 0 Å². The Morgan fingerprint density at radius 1 is 0.939 bits per heavy atom. The Morgan fingerprint density at radius 3 is 2.27 bits per heavy atom. The third kappa shape index (κ3) is 6.33. The molecule has 172 valence electrons. The van der Waals surface area contributed by atoms with Crippen LogP contribution in [0.4, 0.5) is 17.1 Å². The highest BCUT2D eigenvalue weighted by molar-refractivity contribution is 8.00. The Bertz CT molecular complexity index is 1310. The van der Waals surface area contributed by atoms with Gasteiger partial charge >= 0.3 is 0 Å². The Hall–Kier alpha value is -3.37. The molecule has 3 rings (SSSR count). The number of sulfonamides is 1. The summed E-state index contributed by atoms with van der Waals surface area (Å²) in [6, 6.07) is 15.9. The number of benzene rings is 3. The van der Waals surface area contributed by atoms with Crippen LogP contribution in [0.2, 0.25) is 0 Å². The lowest BCUT2D eigenvalue weighted by molar-refractivity contribution is -0.384. The molecule has 2 N–H and O–H groups in total. The predicted molar refractivity (Wildman–Crippen MR) is 130 cm³/mol. The molecule has 10 heteroatoms. The molecule has 3 aromatic rings. The van der Waals surface area contributed by atoms with Crippen LogP contribution in [-0.2, 0) is 14.8 Å². The molecule has 0 atom stereocenters. The maximum atomic E-state index is 12.9. The van der Waals surface area contributed by atoms with Crippen molar-refractivity contribution in [1.82, 2.24) is 0 Å². The molecular formula is C23H23N3O5S2. The van der Waals surface area contributed by atoms with Crippen molar-refractivity contribution in [3.05, 3.63) is 87.5 Å². The Morgan fingerprint density at radius 2 is 1.64 bits per heavy atom. The van der Waals surface area contributed by atoms with E-state index in [0.29, 0.717) is 21.8 Å². The first-order valence-electron chi connectivity index (χ1n) is 9.93. The average molecular weight is 486 g/mol. The van der Waals surface area contributed by atoms with Crippen LogP contribution >= 0.6 is 11.8 Å². The number of rotatable bonds is 8. The zero-order valence-corrected chi connectivity index (χ0v) is 19.9. The maximum Gasteiger partial charge on any atom is 0.269 e.